The molecule has 14 heteroatoms. The summed E-state index contributed by atoms with van der Waals surface area (Å²) in [6, 6.07) is 6.77. The molecule has 1 saturated heterocycles. The number of alkyl halides is 3. The van der Waals surface area contributed by atoms with Crippen LogP contribution in [0.25, 0.3) is 11.3 Å². The molecular weight excluding hydrogens is 568 g/mol. The first-order valence-electron chi connectivity index (χ1n) is 13.1. The highest BCUT2D eigenvalue weighted by Crippen LogP contribution is 2.39. The lowest BCUT2D eigenvalue weighted by atomic mass is 9.90. The number of anilines is 1. The smallest absolute Gasteiger partial charge is 0.304 e. The molecule has 0 aliphatic carbocycles. The summed E-state index contributed by atoms with van der Waals surface area (Å²) in [5, 5.41) is 9.57. The SMILES string of the molecule is CC(C)COc1cc(F)cc(-c2ccc(C(=O)NS(=O)(=O)NC(F)C(C)(O)C(F)F)c(N3CCC(C)C3(C)C)n2)c1. The minimum atomic E-state index is -5.04. The predicted octanol–water partition coefficient (Wildman–Crippen LogP) is 4.42. The third kappa shape index (κ3) is 7.46. The fourth-order valence-corrected chi connectivity index (χ4v) is 5.15. The van der Waals surface area contributed by atoms with Gasteiger partial charge in [-0.15, -0.1) is 0 Å². The number of ether oxygens (including phenoxy) is 1. The van der Waals surface area contributed by atoms with Gasteiger partial charge in [0.25, 0.3) is 12.3 Å². The number of rotatable bonds is 11. The molecule has 3 atom stereocenters. The van der Waals surface area contributed by atoms with Crippen LogP contribution in [0.15, 0.2) is 30.3 Å². The highest BCUT2D eigenvalue weighted by molar-refractivity contribution is 7.88. The molecule has 1 aromatic carbocycles. The number of halogens is 4. The topological polar surface area (TPSA) is 121 Å². The second kappa shape index (κ2) is 12.1. The van der Waals surface area contributed by atoms with E-state index in [1.807, 2.05) is 39.5 Å². The Labute approximate surface area is 237 Å². The molecule has 2 heterocycles. The van der Waals surface area contributed by atoms with Crippen LogP contribution in [0.2, 0.25) is 0 Å². The van der Waals surface area contributed by atoms with Gasteiger partial charge in [0.05, 0.1) is 17.9 Å². The fraction of sp³-hybridized carbons (Fsp3) is 0.556. The lowest BCUT2D eigenvalue weighted by Gasteiger charge is -2.36. The maximum Gasteiger partial charge on any atom is 0.304 e. The Balaban J connectivity index is 2.02. The summed E-state index contributed by atoms with van der Waals surface area (Å²) in [7, 11) is -5.04. The Hall–Kier alpha value is -2.97. The maximum atomic E-state index is 14.5. The van der Waals surface area contributed by atoms with Crippen LogP contribution in [0.5, 0.6) is 5.75 Å². The van der Waals surface area contributed by atoms with E-state index in [-0.39, 0.29) is 34.7 Å². The quantitative estimate of drug-likeness (QED) is 0.257. The molecule has 0 radical (unpaired) electrons. The Kier molecular flexibility index (Phi) is 9.60. The molecular formula is C27H36F4N4O5S. The van der Waals surface area contributed by atoms with Crippen LogP contribution < -0.4 is 19.1 Å². The van der Waals surface area contributed by atoms with Gasteiger partial charge in [0.15, 0.2) is 11.9 Å². The maximum absolute atomic E-state index is 14.5. The summed E-state index contributed by atoms with van der Waals surface area (Å²) in [5.41, 5.74) is -3.44. The first-order chi connectivity index (χ1) is 18.8. The van der Waals surface area contributed by atoms with Crippen molar-refractivity contribution in [3.63, 3.8) is 0 Å². The van der Waals surface area contributed by atoms with E-state index < -0.39 is 45.8 Å². The van der Waals surface area contributed by atoms with E-state index >= 15 is 0 Å². The van der Waals surface area contributed by atoms with Crippen LogP contribution in [0.3, 0.4) is 0 Å². The fourth-order valence-electron chi connectivity index (χ4n) is 4.23. The number of aliphatic hydroxyl groups is 1. The van der Waals surface area contributed by atoms with Crippen molar-refractivity contribution in [2.75, 3.05) is 18.1 Å². The average Bonchev–Trinajstić information content (AvgIpc) is 3.12. The number of pyridine rings is 1. The van der Waals surface area contributed by atoms with Crippen molar-refractivity contribution in [2.45, 2.75) is 71.8 Å². The molecule has 3 rings (SSSR count). The van der Waals surface area contributed by atoms with Gasteiger partial charge in [-0.3, -0.25) is 4.79 Å². The van der Waals surface area contributed by atoms with E-state index in [4.69, 9.17) is 4.74 Å². The number of hydrogen-bond acceptors (Lipinski definition) is 7. The second-order valence-corrected chi connectivity index (χ2v) is 12.8. The van der Waals surface area contributed by atoms with Crippen LogP contribution in [0.1, 0.15) is 58.3 Å². The Morgan fingerprint density at radius 1 is 1.24 bits per heavy atom. The highest BCUT2D eigenvalue weighted by Gasteiger charge is 2.44. The molecule has 41 heavy (non-hydrogen) atoms. The molecule has 1 aromatic heterocycles. The van der Waals surface area contributed by atoms with E-state index in [0.29, 0.717) is 25.6 Å². The summed E-state index contributed by atoms with van der Waals surface area (Å²) in [6.07, 6.45) is -6.00. The standard InChI is InChI=1S/C27H36F4N4O5S/c1-15(2)14-40-19-12-17(11-18(28)13-19)21-8-7-20(22(32-21)35-10-9-16(3)26(35,4)5)23(36)33-41(38,39)34-25(31)27(6,37)24(29)30/h7-8,11-13,15-16,24-25,34,37H,9-10,14H2,1-6H3,(H,33,36). The minimum Gasteiger partial charge on any atom is -0.493 e. The summed E-state index contributed by atoms with van der Waals surface area (Å²) >= 11 is 0. The molecule has 0 bridgehead atoms. The monoisotopic (exact) mass is 604 g/mol. The normalized spacial score (nSPS) is 19.3. The van der Waals surface area contributed by atoms with Crippen molar-refractivity contribution in [2.24, 2.45) is 11.8 Å². The zero-order valence-corrected chi connectivity index (χ0v) is 24.5. The number of carbonyl (C=O) groups is 1. The summed E-state index contributed by atoms with van der Waals surface area (Å²) in [6.45, 7) is 11.0. The van der Waals surface area contributed by atoms with E-state index in [0.717, 1.165) is 6.42 Å². The van der Waals surface area contributed by atoms with Gasteiger partial charge >= 0.3 is 10.2 Å². The van der Waals surface area contributed by atoms with Gasteiger partial charge in [-0.05, 0) is 63.3 Å². The molecule has 2 aromatic rings. The minimum absolute atomic E-state index is 0.0924. The number of carbonyl (C=O) groups excluding carboxylic acids is 1. The van der Waals surface area contributed by atoms with Gasteiger partial charge in [0, 0.05) is 23.7 Å². The van der Waals surface area contributed by atoms with Crippen LogP contribution in [0.4, 0.5) is 23.4 Å². The molecule has 1 amide bonds. The van der Waals surface area contributed by atoms with Crippen molar-refractivity contribution in [1.82, 2.24) is 14.4 Å². The molecule has 3 unspecified atom stereocenters. The Bertz CT molecular complexity index is 1370. The Morgan fingerprint density at radius 3 is 2.46 bits per heavy atom. The zero-order chi connectivity index (χ0) is 30.9. The van der Waals surface area contributed by atoms with Gasteiger partial charge in [0.1, 0.15) is 17.4 Å². The number of amides is 1. The molecule has 1 aliphatic heterocycles. The molecule has 3 N–H and O–H groups in total. The van der Waals surface area contributed by atoms with Crippen molar-refractivity contribution < 1.29 is 40.6 Å². The van der Waals surface area contributed by atoms with Crippen molar-refractivity contribution in [1.29, 1.82) is 0 Å². The van der Waals surface area contributed by atoms with Crippen molar-refractivity contribution in [3.05, 3.63) is 41.7 Å². The lowest BCUT2D eigenvalue weighted by molar-refractivity contribution is -0.129. The van der Waals surface area contributed by atoms with Crippen molar-refractivity contribution in [3.8, 4) is 17.0 Å². The lowest BCUT2D eigenvalue weighted by Crippen LogP contribution is -2.55. The predicted molar refractivity (Wildman–Crippen MR) is 146 cm³/mol. The third-order valence-corrected chi connectivity index (χ3v) is 8.23. The van der Waals surface area contributed by atoms with Crippen LogP contribution in [-0.2, 0) is 10.2 Å². The number of benzene rings is 1. The van der Waals surface area contributed by atoms with E-state index in [9.17, 15) is 35.9 Å². The molecule has 0 spiro atoms. The van der Waals surface area contributed by atoms with Gasteiger partial charge in [-0.1, -0.05) is 20.8 Å². The first-order valence-corrected chi connectivity index (χ1v) is 14.5. The number of aromatic nitrogens is 1. The Morgan fingerprint density at radius 2 is 1.90 bits per heavy atom. The molecule has 9 nitrogen and oxygen atoms in total. The zero-order valence-electron chi connectivity index (χ0n) is 23.7. The van der Waals surface area contributed by atoms with Crippen LogP contribution >= 0.6 is 0 Å². The summed E-state index contributed by atoms with van der Waals surface area (Å²) < 4.78 is 88.0. The largest absolute Gasteiger partial charge is 0.493 e. The summed E-state index contributed by atoms with van der Waals surface area (Å²) in [5.74, 6) is -1.06. The highest BCUT2D eigenvalue weighted by atomic mass is 32.2. The van der Waals surface area contributed by atoms with Gasteiger partial charge in [-0.25, -0.2) is 27.3 Å². The van der Waals surface area contributed by atoms with Gasteiger partial charge in [-0.2, -0.15) is 13.1 Å². The number of hydrogen-bond donors (Lipinski definition) is 3. The molecule has 228 valence electrons. The average molecular weight is 605 g/mol. The van der Waals surface area contributed by atoms with Crippen molar-refractivity contribution >= 4 is 21.9 Å². The number of nitrogens with zero attached hydrogens (tertiary/aromatic N) is 2. The molecule has 1 aliphatic rings. The summed E-state index contributed by atoms with van der Waals surface area (Å²) in [4.78, 5) is 19.6. The molecule has 1 fully saturated rings. The van der Waals surface area contributed by atoms with E-state index in [1.165, 1.54) is 29.0 Å². The number of nitrogens with one attached hydrogen (secondary N) is 2. The second-order valence-electron chi connectivity index (χ2n) is 11.4. The first kappa shape index (κ1) is 32.5. The molecule has 0 saturated carbocycles. The van der Waals surface area contributed by atoms with Crippen LogP contribution in [0, 0.1) is 17.7 Å². The van der Waals surface area contributed by atoms with Gasteiger partial charge in [0.2, 0.25) is 0 Å². The third-order valence-electron chi connectivity index (χ3n) is 7.25. The van der Waals surface area contributed by atoms with Gasteiger partial charge < -0.3 is 14.7 Å². The van der Waals surface area contributed by atoms with Crippen LogP contribution in [-0.4, -0.2) is 61.4 Å². The van der Waals surface area contributed by atoms with E-state index in [1.54, 1.807) is 10.8 Å². The van der Waals surface area contributed by atoms with E-state index in [2.05, 4.69) is 4.98 Å².